The summed E-state index contributed by atoms with van der Waals surface area (Å²) >= 11 is 0. The molecule has 2 N–H and O–H groups in total. The average molecular weight is 316 g/mol. The Kier molecular flexibility index (Phi) is 5.09. The molecule has 118 valence electrons. The molecule has 9 heteroatoms. The van der Waals surface area contributed by atoms with Crippen LogP contribution in [0, 0.1) is 0 Å². The number of aliphatic hydroxyl groups is 1. The highest BCUT2D eigenvalue weighted by atomic mass is 32.2. The van der Waals surface area contributed by atoms with Crippen molar-refractivity contribution in [3.63, 3.8) is 0 Å². The highest BCUT2D eigenvalue weighted by Gasteiger charge is 2.33. The summed E-state index contributed by atoms with van der Waals surface area (Å²) < 4.78 is 31.9. The van der Waals surface area contributed by atoms with Gasteiger partial charge in [-0.15, -0.1) is 0 Å². The highest BCUT2D eigenvalue weighted by Crippen LogP contribution is 2.20. The zero-order chi connectivity index (χ0) is 15.5. The number of hydrogen-bond donors (Lipinski definition) is 2. The number of anilines is 1. The van der Waals surface area contributed by atoms with Crippen molar-refractivity contribution in [3.8, 4) is 0 Å². The minimum Gasteiger partial charge on any atom is -0.394 e. The molecule has 0 bridgehead atoms. The van der Waals surface area contributed by atoms with Gasteiger partial charge in [0.05, 0.1) is 31.2 Å². The Hall–Kier alpha value is -1.29. The molecule has 0 radical (unpaired) electrons. The van der Waals surface area contributed by atoms with E-state index in [2.05, 4.69) is 15.3 Å². The molecule has 1 fully saturated rings. The predicted molar refractivity (Wildman–Crippen MR) is 76.4 cm³/mol. The lowest BCUT2D eigenvalue weighted by Crippen LogP contribution is -2.50. The summed E-state index contributed by atoms with van der Waals surface area (Å²) in [5.74, 6) is 0.389. The molecule has 2 atom stereocenters. The summed E-state index contributed by atoms with van der Waals surface area (Å²) in [7, 11) is -3.68. The molecule has 1 saturated heterocycles. The van der Waals surface area contributed by atoms with Gasteiger partial charge < -0.3 is 15.2 Å². The van der Waals surface area contributed by atoms with E-state index in [1.807, 2.05) is 6.92 Å². The third kappa shape index (κ3) is 3.67. The lowest BCUT2D eigenvalue weighted by atomic mass is 10.2. The van der Waals surface area contributed by atoms with Gasteiger partial charge in [-0.2, -0.15) is 4.31 Å². The summed E-state index contributed by atoms with van der Waals surface area (Å²) in [5, 5.41) is 12.1. The maximum absolute atomic E-state index is 12.6. The number of aromatic nitrogens is 2. The van der Waals surface area contributed by atoms with Crippen LogP contribution < -0.4 is 5.32 Å². The first-order valence-electron chi connectivity index (χ1n) is 6.79. The first kappa shape index (κ1) is 16.1. The second-order valence-electron chi connectivity index (χ2n) is 4.85. The first-order chi connectivity index (χ1) is 9.97. The fourth-order valence-corrected chi connectivity index (χ4v) is 3.59. The third-order valence-corrected chi connectivity index (χ3v) is 4.88. The maximum atomic E-state index is 12.6. The van der Waals surface area contributed by atoms with Crippen LogP contribution in [0.15, 0.2) is 17.3 Å². The second-order valence-corrected chi connectivity index (χ2v) is 6.78. The molecule has 0 spiro atoms. The van der Waals surface area contributed by atoms with Crippen molar-refractivity contribution >= 4 is 16.0 Å². The van der Waals surface area contributed by atoms with Gasteiger partial charge in [0.15, 0.2) is 0 Å². The van der Waals surface area contributed by atoms with Gasteiger partial charge in [-0.3, -0.25) is 0 Å². The SMILES string of the molecule is CCNc1ncc(S(=O)(=O)N2CC(C)OC(CO)C2)cn1. The van der Waals surface area contributed by atoms with Crippen molar-refractivity contribution in [3.05, 3.63) is 12.4 Å². The number of nitrogens with one attached hydrogen (secondary N) is 1. The summed E-state index contributed by atoms with van der Waals surface area (Å²) in [4.78, 5) is 8.00. The Labute approximate surface area is 124 Å². The van der Waals surface area contributed by atoms with E-state index in [1.165, 1.54) is 16.7 Å². The molecule has 1 aliphatic rings. The van der Waals surface area contributed by atoms with Crippen LogP contribution in [0.25, 0.3) is 0 Å². The van der Waals surface area contributed by atoms with Gasteiger partial charge in [-0.1, -0.05) is 0 Å². The second kappa shape index (κ2) is 6.65. The maximum Gasteiger partial charge on any atom is 0.246 e. The first-order valence-corrected chi connectivity index (χ1v) is 8.23. The van der Waals surface area contributed by atoms with E-state index in [4.69, 9.17) is 4.74 Å². The molecule has 1 aromatic heterocycles. The largest absolute Gasteiger partial charge is 0.394 e. The van der Waals surface area contributed by atoms with Crippen molar-refractivity contribution in [1.82, 2.24) is 14.3 Å². The standard InChI is InChI=1S/C12H20N4O4S/c1-3-13-12-14-4-11(5-15-12)21(18,19)16-6-9(2)20-10(7-16)8-17/h4-5,9-10,17H,3,6-8H2,1-2H3,(H,13,14,15). The van der Waals surface area contributed by atoms with Crippen LogP contribution in [0.5, 0.6) is 0 Å². The molecule has 0 aliphatic carbocycles. The number of sulfonamides is 1. The molecule has 21 heavy (non-hydrogen) atoms. The van der Waals surface area contributed by atoms with E-state index in [0.717, 1.165) is 0 Å². The van der Waals surface area contributed by atoms with Crippen LogP contribution in [-0.2, 0) is 14.8 Å². The van der Waals surface area contributed by atoms with Gasteiger partial charge in [0.1, 0.15) is 4.90 Å². The third-order valence-electron chi connectivity index (χ3n) is 3.10. The monoisotopic (exact) mass is 316 g/mol. The zero-order valence-corrected chi connectivity index (χ0v) is 12.9. The molecule has 2 rings (SSSR count). The van der Waals surface area contributed by atoms with Gasteiger partial charge in [0.2, 0.25) is 16.0 Å². The molecule has 0 aromatic carbocycles. The molecular formula is C12H20N4O4S. The minimum atomic E-state index is -3.68. The lowest BCUT2D eigenvalue weighted by molar-refractivity contribution is -0.0750. The van der Waals surface area contributed by atoms with Crippen molar-refractivity contribution in [2.75, 3.05) is 31.6 Å². The topological polar surface area (TPSA) is 105 Å². The molecule has 2 heterocycles. The lowest BCUT2D eigenvalue weighted by Gasteiger charge is -2.35. The van der Waals surface area contributed by atoms with Gasteiger partial charge in [-0.25, -0.2) is 18.4 Å². The number of morpholine rings is 1. The smallest absolute Gasteiger partial charge is 0.246 e. The quantitative estimate of drug-likeness (QED) is 0.767. The van der Waals surface area contributed by atoms with Crippen molar-refractivity contribution in [2.45, 2.75) is 31.0 Å². The van der Waals surface area contributed by atoms with Crippen LogP contribution >= 0.6 is 0 Å². The Balaban J connectivity index is 2.20. The van der Waals surface area contributed by atoms with Gasteiger partial charge in [-0.05, 0) is 13.8 Å². The Bertz CT molecular complexity index is 563. The van der Waals surface area contributed by atoms with E-state index >= 15 is 0 Å². The normalized spacial score (nSPS) is 24.0. The van der Waals surface area contributed by atoms with E-state index in [-0.39, 0.29) is 30.7 Å². The van der Waals surface area contributed by atoms with Gasteiger partial charge in [0, 0.05) is 19.6 Å². The molecule has 8 nitrogen and oxygen atoms in total. The van der Waals surface area contributed by atoms with Crippen molar-refractivity contribution in [1.29, 1.82) is 0 Å². The van der Waals surface area contributed by atoms with E-state index in [0.29, 0.717) is 12.5 Å². The molecule has 1 aliphatic heterocycles. The highest BCUT2D eigenvalue weighted by molar-refractivity contribution is 7.89. The predicted octanol–water partition coefficient (Wildman–Crippen LogP) is -0.321. The van der Waals surface area contributed by atoms with Crippen LogP contribution in [-0.4, -0.2) is 66.2 Å². The fourth-order valence-electron chi connectivity index (χ4n) is 2.15. The van der Waals surface area contributed by atoms with E-state index in [9.17, 15) is 13.5 Å². The van der Waals surface area contributed by atoms with Crippen LogP contribution in [0.1, 0.15) is 13.8 Å². The number of nitrogens with zero attached hydrogens (tertiary/aromatic N) is 3. The van der Waals surface area contributed by atoms with E-state index < -0.39 is 16.1 Å². The summed E-state index contributed by atoms with van der Waals surface area (Å²) in [6, 6.07) is 0. The Morgan fingerprint density at radius 3 is 2.67 bits per heavy atom. The average Bonchev–Trinajstić information content (AvgIpc) is 2.47. The molecule has 0 saturated carbocycles. The number of aliphatic hydroxyl groups excluding tert-OH is 1. The Morgan fingerprint density at radius 1 is 1.43 bits per heavy atom. The zero-order valence-electron chi connectivity index (χ0n) is 12.1. The van der Waals surface area contributed by atoms with Gasteiger partial charge >= 0.3 is 0 Å². The van der Waals surface area contributed by atoms with Crippen molar-refractivity contribution < 1.29 is 18.3 Å². The summed E-state index contributed by atoms with van der Waals surface area (Å²) in [6.07, 6.45) is 1.79. The van der Waals surface area contributed by atoms with Crippen LogP contribution in [0.4, 0.5) is 5.95 Å². The number of rotatable bonds is 5. The van der Waals surface area contributed by atoms with Gasteiger partial charge in [0.25, 0.3) is 0 Å². The fraction of sp³-hybridized carbons (Fsp3) is 0.667. The molecule has 2 unspecified atom stereocenters. The number of hydrogen-bond acceptors (Lipinski definition) is 7. The molecule has 1 aromatic rings. The van der Waals surface area contributed by atoms with Crippen molar-refractivity contribution in [2.24, 2.45) is 0 Å². The summed E-state index contributed by atoms with van der Waals surface area (Å²) in [6.45, 7) is 4.48. The van der Waals surface area contributed by atoms with Crippen LogP contribution in [0.2, 0.25) is 0 Å². The number of ether oxygens (including phenoxy) is 1. The summed E-state index contributed by atoms with van der Waals surface area (Å²) in [5.41, 5.74) is 0. The molecular weight excluding hydrogens is 296 g/mol. The van der Waals surface area contributed by atoms with Crippen LogP contribution in [0.3, 0.4) is 0 Å². The Morgan fingerprint density at radius 2 is 2.10 bits per heavy atom. The molecule has 0 amide bonds. The minimum absolute atomic E-state index is 0.0370. The van der Waals surface area contributed by atoms with E-state index in [1.54, 1.807) is 6.92 Å².